The van der Waals surface area contributed by atoms with Crippen molar-refractivity contribution in [3.8, 4) is 24.7 Å². The van der Waals surface area contributed by atoms with Gasteiger partial charge in [0, 0.05) is 103 Å². The van der Waals surface area contributed by atoms with E-state index in [0.29, 0.717) is 17.3 Å². The molecule has 7 nitrogen and oxygen atoms in total. The van der Waals surface area contributed by atoms with Crippen molar-refractivity contribution < 1.29 is 0 Å². The lowest BCUT2D eigenvalue weighted by Gasteiger charge is -2.38. The number of nitrogens with zero attached hydrogens (tertiary/aromatic N) is 7. The zero-order chi connectivity index (χ0) is 64.1. The SMILES string of the molecule is C#CC(C)(C#C)c1ccncc1.C=CC(C)(C=C)c1ccncc1.CC(C)(c1ccncc1)C1C=CCC1.CC(C)(c1ccncc1)C1C=CCCC1.CC1(c2ccncc2)CCC1.C[C@]1(c2ccncc2)C=CCC1.C[C@]1(c2ccncc2)C=CCCC1. The summed E-state index contributed by atoms with van der Waals surface area (Å²) in [4.78, 5) is 28.1. The van der Waals surface area contributed by atoms with E-state index < -0.39 is 5.41 Å². The summed E-state index contributed by atoms with van der Waals surface area (Å²) in [6, 6.07) is 28.9. The summed E-state index contributed by atoms with van der Waals surface area (Å²) >= 11 is 0. The highest BCUT2D eigenvalue weighted by Gasteiger charge is 2.34. The van der Waals surface area contributed by atoms with Crippen molar-refractivity contribution in [3.05, 3.63) is 285 Å². The molecule has 0 bridgehead atoms. The topological polar surface area (TPSA) is 90.2 Å². The Kier molecular flexibility index (Phi) is 26.5. The number of aromatic nitrogens is 7. The molecule has 1 saturated carbocycles. The van der Waals surface area contributed by atoms with E-state index in [1.54, 1.807) is 24.8 Å². The predicted molar refractivity (Wildman–Crippen MR) is 374 cm³/mol. The van der Waals surface area contributed by atoms with Gasteiger partial charge in [0.2, 0.25) is 0 Å². The van der Waals surface area contributed by atoms with E-state index in [1.165, 1.54) is 117 Å². The summed E-state index contributed by atoms with van der Waals surface area (Å²) in [6.07, 6.45) is 75.5. The number of terminal acetylenes is 2. The molecule has 1 fully saturated rings. The molecular weight excluding hydrogens is 1080 g/mol. The van der Waals surface area contributed by atoms with Crippen molar-refractivity contribution in [2.45, 2.75) is 184 Å². The maximum atomic E-state index is 5.34. The number of pyridine rings is 7. The van der Waals surface area contributed by atoms with Gasteiger partial charge in [-0.15, -0.1) is 26.0 Å². The molecule has 0 amide bonds. The Morgan fingerprint density at radius 2 is 0.764 bits per heavy atom. The van der Waals surface area contributed by atoms with Gasteiger partial charge in [0.05, 0.1) is 0 Å². The summed E-state index contributed by atoms with van der Waals surface area (Å²) in [5.41, 5.74) is 9.85. The van der Waals surface area contributed by atoms with Crippen molar-refractivity contribution in [1.82, 2.24) is 34.9 Å². The van der Waals surface area contributed by atoms with Crippen molar-refractivity contribution in [1.29, 1.82) is 0 Å². The predicted octanol–water partition coefficient (Wildman–Crippen LogP) is 19.6. The molecule has 0 saturated heterocycles. The monoisotopic (exact) mass is 1180 g/mol. The largest absolute Gasteiger partial charge is 0.265 e. The molecule has 4 atom stereocenters. The van der Waals surface area contributed by atoms with Gasteiger partial charge >= 0.3 is 0 Å². The van der Waals surface area contributed by atoms with Gasteiger partial charge in [0.1, 0.15) is 5.41 Å². The number of allylic oxidation sites excluding steroid dienone is 10. The van der Waals surface area contributed by atoms with Crippen LogP contribution in [0.3, 0.4) is 0 Å². The zero-order valence-corrected chi connectivity index (χ0v) is 55.0. The Hall–Kier alpha value is -8.39. The Bertz CT molecular complexity index is 3370. The molecule has 5 aliphatic rings. The van der Waals surface area contributed by atoms with Crippen LogP contribution < -0.4 is 0 Å². The molecule has 5 aliphatic carbocycles. The highest BCUT2D eigenvalue weighted by molar-refractivity contribution is 5.41. The lowest BCUT2D eigenvalue weighted by Crippen LogP contribution is -2.30. The Labute approximate surface area is 536 Å². The molecule has 0 N–H and O–H groups in total. The lowest BCUT2D eigenvalue weighted by molar-refractivity contribution is 0.272. The number of hydrogen-bond acceptors (Lipinski definition) is 7. The summed E-state index contributed by atoms with van der Waals surface area (Å²) in [5, 5.41) is 0. The van der Waals surface area contributed by atoms with Crippen molar-refractivity contribution >= 4 is 0 Å². The van der Waals surface area contributed by atoms with Crippen LogP contribution in [0, 0.1) is 36.5 Å². The van der Waals surface area contributed by atoms with E-state index in [4.69, 9.17) is 12.8 Å². The minimum absolute atomic E-state index is 0.136. The highest BCUT2D eigenvalue weighted by Crippen LogP contribution is 2.43. The van der Waals surface area contributed by atoms with Gasteiger partial charge in [0.15, 0.2) is 0 Å². The van der Waals surface area contributed by atoms with Crippen molar-refractivity contribution in [2.75, 3.05) is 0 Å². The first kappa shape index (κ1) is 69.7. The second-order valence-corrected chi connectivity index (χ2v) is 26.3. The third kappa shape index (κ3) is 19.8. The average Bonchev–Trinajstić information content (AvgIpc) is 4.50. The second kappa shape index (κ2) is 33.8. The molecule has 0 aromatic carbocycles. The second-order valence-electron chi connectivity index (χ2n) is 26.3. The molecule has 0 aliphatic heterocycles. The quantitative estimate of drug-likeness (QED) is 0.0941. The molecule has 7 aromatic heterocycles. The van der Waals surface area contributed by atoms with Crippen LogP contribution in [-0.4, -0.2) is 34.9 Å². The Balaban J connectivity index is 0.000000166. The van der Waals surface area contributed by atoms with Crippen LogP contribution in [0.5, 0.6) is 0 Å². The van der Waals surface area contributed by atoms with E-state index in [2.05, 4.69) is 225 Å². The molecule has 2 unspecified atom stereocenters. The normalized spacial score (nSPS) is 20.1. The fourth-order valence-electron chi connectivity index (χ4n) is 12.1. The van der Waals surface area contributed by atoms with Gasteiger partial charge in [-0.2, -0.15) is 0 Å². The van der Waals surface area contributed by atoms with Gasteiger partial charge < -0.3 is 0 Å². The first-order valence-electron chi connectivity index (χ1n) is 32.1. The third-order valence-corrected chi connectivity index (χ3v) is 19.3. The summed E-state index contributed by atoms with van der Waals surface area (Å²) in [6.45, 7) is 27.7. The van der Waals surface area contributed by atoms with Crippen LogP contribution in [0.4, 0.5) is 0 Å². The van der Waals surface area contributed by atoms with E-state index in [0.717, 1.165) is 5.56 Å². The summed E-state index contributed by atoms with van der Waals surface area (Å²) in [7, 11) is 0. The van der Waals surface area contributed by atoms with E-state index in [9.17, 15) is 0 Å². The van der Waals surface area contributed by atoms with E-state index in [1.807, 2.05) is 105 Å². The first-order valence-corrected chi connectivity index (χ1v) is 32.1. The average molecular weight is 1180 g/mol. The smallest absolute Gasteiger partial charge is 0.113 e. The van der Waals surface area contributed by atoms with Gasteiger partial charge in [-0.1, -0.05) is 127 Å². The fraction of sp³-hybridized carbons (Fsp3) is 0.378. The molecule has 0 spiro atoms. The minimum Gasteiger partial charge on any atom is -0.265 e. The van der Waals surface area contributed by atoms with Crippen molar-refractivity contribution in [2.24, 2.45) is 11.8 Å². The Morgan fingerprint density at radius 1 is 0.404 bits per heavy atom. The van der Waals surface area contributed by atoms with Crippen molar-refractivity contribution in [3.63, 3.8) is 0 Å². The van der Waals surface area contributed by atoms with Gasteiger partial charge in [-0.25, -0.2) is 0 Å². The molecule has 89 heavy (non-hydrogen) atoms. The molecule has 462 valence electrons. The standard InChI is InChI=1S/C14H19N.C13H17N.C12H15N.2C11H13N.C11H9N.C10H13N/c1-14(2,12-6-4-3-5-7-12)13-8-10-15-11-9-13;1-13(2,11-5-3-4-6-11)12-7-9-14-10-8-12;1-12(7-3-2-4-8-12)11-5-9-13-10-6-11;1-11(6-2-3-7-11)10-4-8-12-9-5-10;2*1-4-11(3,5-2)10-6-8-12-9-7-10;1-10(5-2-6-10)9-3-7-11-8-4-9/h4,6,8-12H,3,5,7H2,1-2H3;3,5,7-11H,4,6H2,1-2H3;3,5-7,9-10H,2,4,8H2,1H3;2,4-6,8-9H,3,7H2,1H3;4-9H,1-2H2,3H3;1-2,6-9H,3H3;3-4,7-8H,2,5-6H2,1H3/t;;12-;11-;;;/m..00.../s1. The van der Waals surface area contributed by atoms with Gasteiger partial charge in [-0.3, -0.25) is 34.9 Å². The van der Waals surface area contributed by atoms with Crippen LogP contribution in [0.2, 0.25) is 0 Å². The van der Waals surface area contributed by atoms with Crippen LogP contribution in [0.15, 0.2) is 246 Å². The first-order chi connectivity index (χ1) is 42.8. The van der Waals surface area contributed by atoms with Gasteiger partial charge in [-0.05, 0) is 243 Å². The number of hydrogen-bond donors (Lipinski definition) is 0. The number of rotatable bonds is 11. The fourth-order valence-corrected chi connectivity index (χ4v) is 12.1. The maximum Gasteiger partial charge on any atom is 0.113 e. The molecular formula is C82H99N7. The van der Waals surface area contributed by atoms with Crippen LogP contribution in [0.1, 0.15) is 185 Å². The van der Waals surface area contributed by atoms with Gasteiger partial charge in [0.25, 0.3) is 0 Å². The van der Waals surface area contributed by atoms with E-state index >= 15 is 0 Å². The molecule has 7 heterocycles. The zero-order valence-electron chi connectivity index (χ0n) is 55.0. The molecule has 12 rings (SSSR count). The lowest BCUT2D eigenvalue weighted by atomic mass is 9.66. The summed E-state index contributed by atoms with van der Waals surface area (Å²) in [5.74, 6) is 6.52. The molecule has 7 aromatic rings. The third-order valence-electron chi connectivity index (χ3n) is 19.3. The minimum atomic E-state index is -0.608. The van der Waals surface area contributed by atoms with Crippen LogP contribution in [0.25, 0.3) is 0 Å². The summed E-state index contributed by atoms with van der Waals surface area (Å²) < 4.78 is 0. The van der Waals surface area contributed by atoms with E-state index in [-0.39, 0.29) is 27.1 Å². The Morgan fingerprint density at radius 3 is 1.09 bits per heavy atom. The van der Waals surface area contributed by atoms with Crippen LogP contribution in [-0.2, 0) is 37.9 Å². The maximum absolute atomic E-state index is 5.34. The van der Waals surface area contributed by atoms with Crippen LogP contribution >= 0.6 is 0 Å². The molecule has 7 heteroatoms. The highest BCUT2D eigenvalue weighted by atomic mass is 14.6. The molecule has 0 radical (unpaired) electrons.